The molecule has 1 unspecified atom stereocenters. The topological polar surface area (TPSA) is 65.1 Å². The van der Waals surface area contributed by atoms with Crippen LogP contribution < -0.4 is 14.2 Å². The van der Waals surface area contributed by atoms with E-state index in [4.69, 9.17) is 14.2 Å². The molecule has 1 saturated heterocycles. The fourth-order valence-electron chi connectivity index (χ4n) is 3.74. The summed E-state index contributed by atoms with van der Waals surface area (Å²) in [4.78, 5) is 27.5. The number of Topliss-reactive ketones (excluding diaryl/α,β-unsaturated/α-hetero) is 1. The minimum Gasteiger partial charge on any atom is -0.497 e. The normalized spacial score (nSPS) is 15.8. The summed E-state index contributed by atoms with van der Waals surface area (Å²) in [5.41, 5.74) is 1.50. The lowest BCUT2D eigenvalue weighted by Gasteiger charge is -2.24. The predicted octanol–water partition coefficient (Wildman–Crippen LogP) is 3.52. The van der Waals surface area contributed by atoms with Gasteiger partial charge in [-0.2, -0.15) is 0 Å². The SMILES string of the molecule is COc1ccc(CC(=O)N2CCCC2CC(=O)c2ccc(OC)c(OC)c2)cc1. The maximum atomic E-state index is 12.8. The first-order chi connectivity index (χ1) is 14.0. The van der Waals surface area contributed by atoms with Crippen LogP contribution >= 0.6 is 0 Å². The number of benzene rings is 2. The summed E-state index contributed by atoms with van der Waals surface area (Å²) < 4.78 is 15.7. The summed E-state index contributed by atoms with van der Waals surface area (Å²) in [7, 11) is 4.72. The third-order valence-corrected chi connectivity index (χ3v) is 5.34. The fraction of sp³-hybridized carbons (Fsp3) is 0.391. The maximum Gasteiger partial charge on any atom is 0.227 e. The number of nitrogens with zero attached hydrogens (tertiary/aromatic N) is 1. The van der Waals surface area contributed by atoms with E-state index in [0.29, 0.717) is 36.4 Å². The van der Waals surface area contributed by atoms with Crippen molar-refractivity contribution in [2.75, 3.05) is 27.9 Å². The largest absolute Gasteiger partial charge is 0.497 e. The Morgan fingerprint density at radius 1 is 0.966 bits per heavy atom. The van der Waals surface area contributed by atoms with Crippen LogP contribution in [0.3, 0.4) is 0 Å². The van der Waals surface area contributed by atoms with Crippen molar-refractivity contribution in [3.63, 3.8) is 0 Å². The zero-order chi connectivity index (χ0) is 20.8. The molecule has 1 amide bonds. The summed E-state index contributed by atoms with van der Waals surface area (Å²) in [5.74, 6) is 1.93. The number of methoxy groups -OCH3 is 3. The van der Waals surface area contributed by atoms with Crippen LogP contribution in [0.25, 0.3) is 0 Å². The molecular formula is C23H27NO5. The van der Waals surface area contributed by atoms with Crippen molar-refractivity contribution in [2.24, 2.45) is 0 Å². The molecular weight excluding hydrogens is 370 g/mol. The third-order valence-electron chi connectivity index (χ3n) is 5.34. The number of likely N-dealkylation sites (tertiary alicyclic amines) is 1. The van der Waals surface area contributed by atoms with Gasteiger partial charge >= 0.3 is 0 Å². The first kappa shape index (κ1) is 20.7. The molecule has 154 valence electrons. The number of hydrogen-bond donors (Lipinski definition) is 0. The van der Waals surface area contributed by atoms with Gasteiger partial charge in [0.15, 0.2) is 17.3 Å². The Morgan fingerprint density at radius 2 is 1.69 bits per heavy atom. The number of rotatable bonds is 8. The average Bonchev–Trinajstić information content (AvgIpc) is 3.21. The zero-order valence-corrected chi connectivity index (χ0v) is 17.1. The first-order valence-corrected chi connectivity index (χ1v) is 9.73. The lowest BCUT2D eigenvalue weighted by atomic mass is 10.0. The van der Waals surface area contributed by atoms with E-state index >= 15 is 0 Å². The molecule has 6 heteroatoms. The van der Waals surface area contributed by atoms with Crippen molar-refractivity contribution in [2.45, 2.75) is 31.7 Å². The summed E-state index contributed by atoms with van der Waals surface area (Å²) in [6.45, 7) is 0.693. The van der Waals surface area contributed by atoms with Crippen molar-refractivity contribution in [3.05, 3.63) is 53.6 Å². The average molecular weight is 397 g/mol. The van der Waals surface area contributed by atoms with Gasteiger partial charge in [-0.1, -0.05) is 12.1 Å². The van der Waals surface area contributed by atoms with Crippen LogP contribution in [0.15, 0.2) is 42.5 Å². The Labute approximate surface area is 171 Å². The minimum absolute atomic E-state index is 0.0000931. The zero-order valence-electron chi connectivity index (χ0n) is 17.1. The summed E-state index contributed by atoms with van der Waals surface area (Å²) >= 11 is 0. The predicted molar refractivity (Wildman–Crippen MR) is 110 cm³/mol. The molecule has 0 spiro atoms. The molecule has 0 bridgehead atoms. The van der Waals surface area contributed by atoms with Crippen molar-refractivity contribution < 1.29 is 23.8 Å². The van der Waals surface area contributed by atoms with Gasteiger partial charge in [0.25, 0.3) is 0 Å². The molecule has 1 atom stereocenters. The third kappa shape index (κ3) is 4.88. The molecule has 2 aromatic carbocycles. The van der Waals surface area contributed by atoms with E-state index in [0.717, 1.165) is 24.2 Å². The van der Waals surface area contributed by atoms with Gasteiger partial charge in [0.05, 0.1) is 27.8 Å². The lowest BCUT2D eigenvalue weighted by molar-refractivity contribution is -0.131. The second-order valence-corrected chi connectivity index (χ2v) is 7.11. The van der Waals surface area contributed by atoms with Crippen molar-refractivity contribution in [1.82, 2.24) is 4.90 Å². The van der Waals surface area contributed by atoms with Gasteiger partial charge in [0.1, 0.15) is 5.75 Å². The standard InChI is InChI=1S/C23H27NO5/c1-27-19-9-6-16(7-10-19)13-23(26)24-12-4-5-18(24)15-20(25)17-8-11-21(28-2)22(14-17)29-3/h6-11,14,18H,4-5,12-13,15H2,1-3H3. The van der Waals surface area contributed by atoms with Crippen LogP contribution in [0.2, 0.25) is 0 Å². The van der Waals surface area contributed by atoms with E-state index < -0.39 is 0 Å². The summed E-state index contributed by atoms with van der Waals surface area (Å²) in [6.07, 6.45) is 2.39. The summed E-state index contributed by atoms with van der Waals surface area (Å²) in [6, 6.07) is 12.6. The number of ether oxygens (including phenoxy) is 3. The molecule has 2 aromatic rings. The van der Waals surface area contributed by atoms with E-state index in [9.17, 15) is 9.59 Å². The molecule has 0 saturated carbocycles. The Morgan fingerprint density at radius 3 is 2.34 bits per heavy atom. The van der Waals surface area contributed by atoms with Crippen LogP contribution in [0.1, 0.15) is 35.2 Å². The van der Waals surface area contributed by atoms with Crippen LogP contribution in [0, 0.1) is 0 Å². The van der Waals surface area contributed by atoms with Crippen molar-refractivity contribution in [3.8, 4) is 17.2 Å². The van der Waals surface area contributed by atoms with E-state index in [1.54, 1.807) is 39.5 Å². The van der Waals surface area contributed by atoms with E-state index in [2.05, 4.69) is 0 Å². The van der Waals surface area contributed by atoms with Gasteiger partial charge in [-0.25, -0.2) is 0 Å². The highest BCUT2D eigenvalue weighted by Crippen LogP contribution is 2.29. The molecule has 0 aromatic heterocycles. The number of amides is 1. The molecule has 1 fully saturated rings. The molecule has 0 aliphatic carbocycles. The Kier molecular flexibility index (Phi) is 6.75. The van der Waals surface area contributed by atoms with Gasteiger partial charge in [0, 0.05) is 24.6 Å². The molecule has 0 N–H and O–H groups in total. The Balaban J connectivity index is 1.65. The number of ketones is 1. The molecule has 3 rings (SSSR count). The molecule has 6 nitrogen and oxygen atoms in total. The fourth-order valence-corrected chi connectivity index (χ4v) is 3.74. The number of hydrogen-bond acceptors (Lipinski definition) is 5. The second-order valence-electron chi connectivity index (χ2n) is 7.11. The monoisotopic (exact) mass is 397 g/mol. The van der Waals surface area contributed by atoms with Crippen LogP contribution in [-0.4, -0.2) is 50.5 Å². The van der Waals surface area contributed by atoms with Crippen molar-refractivity contribution in [1.29, 1.82) is 0 Å². The smallest absolute Gasteiger partial charge is 0.227 e. The van der Waals surface area contributed by atoms with Crippen molar-refractivity contribution >= 4 is 11.7 Å². The lowest BCUT2D eigenvalue weighted by Crippen LogP contribution is -2.37. The Bertz CT molecular complexity index is 862. The first-order valence-electron chi connectivity index (χ1n) is 9.73. The van der Waals surface area contributed by atoms with Gasteiger partial charge in [-0.05, 0) is 48.7 Å². The molecule has 1 aliphatic heterocycles. The van der Waals surface area contributed by atoms with E-state index in [1.165, 1.54) is 0 Å². The molecule has 0 radical (unpaired) electrons. The summed E-state index contributed by atoms with van der Waals surface area (Å²) in [5, 5.41) is 0. The molecule has 1 heterocycles. The minimum atomic E-state index is -0.0682. The Hall–Kier alpha value is -3.02. The van der Waals surface area contributed by atoms with Crippen LogP contribution in [0.4, 0.5) is 0 Å². The molecule has 29 heavy (non-hydrogen) atoms. The highest BCUT2D eigenvalue weighted by molar-refractivity contribution is 5.97. The van der Waals surface area contributed by atoms with Crippen LogP contribution in [0.5, 0.6) is 17.2 Å². The highest BCUT2D eigenvalue weighted by Gasteiger charge is 2.30. The van der Waals surface area contributed by atoms with Gasteiger partial charge in [-0.3, -0.25) is 9.59 Å². The van der Waals surface area contributed by atoms with Gasteiger partial charge in [0.2, 0.25) is 5.91 Å². The van der Waals surface area contributed by atoms with E-state index in [1.807, 2.05) is 29.2 Å². The maximum absolute atomic E-state index is 12.8. The van der Waals surface area contributed by atoms with E-state index in [-0.39, 0.29) is 17.7 Å². The number of carbonyl (C=O) groups is 2. The highest BCUT2D eigenvalue weighted by atomic mass is 16.5. The van der Waals surface area contributed by atoms with Gasteiger partial charge < -0.3 is 19.1 Å². The van der Waals surface area contributed by atoms with Crippen LogP contribution in [-0.2, 0) is 11.2 Å². The number of carbonyl (C=O) groups excluding carboxylic acids is 2. The molecule has 1 aliphatic rings. The van der Waals surface area contributed by atoms with Gasteiger partial charge in [-0.15, -0.1) is 0 Å². The quantitative estimate of drug-likeness (QED) is 0.638. The second kappa shape index (κ2) is 9.45.